The van der Waals surface area contributed by atoms with Crippen molar-refractivity contribution in [2.24, 2.45) is 5.92 Å². The van der Waals surface area contributed by atoms with Gasteiger partial charge in [-0.25, -0.2) is 0 Å². The van der Waals surface area contributed by atoms with Crippen LogP contribution in [0.1, 0.15) is 24.8 Å². The number of hydrogen-bond donors (Lipinski definition) is 1. The molecule has 0 radical (unpaired) electrons. The molecule has 1 saturated heterocycles. The van der Waals surface area contributed by atoms with Crippen LogP contribution < -0.4 is 19.5 Å². The predicted octanol–water partition coefficient (Wildman–Crippen LogP) is 3.71. The van der Waals surface area contributed by atoms with Crippen molar-refractivity contribution < 1.29 is 19.0 Å². The summed E-state index contributed by atoms with van der Waals surface area (Å²) in [5, 5.41) is 2.95. The zero-order valence-corrected chi connectivity index (χ0v) is 16.9. The van der Waals surface area contributed by atoms with Crippen LogP contribution in [0.5, 0.6) is 17.2 Å². The molecule has 0 spiro atoms. The van der Waals surface area contributed by atoms with Gasteiger partial charge in [-0.2, -0.15) is 0 Å². The Balaban J connectivity index is 1.17. The van der Waals surface area contributed by atoms with Gasteiger partial charge in [0, 0.05) is 24.7 Å². The second kappa shape index (κ2) is 9.18. The summed E-state index contributed by atoms with van der Waals surface area (Å²) in [7, 11) is 1.69. The number of nitrogens with zero attached hydrogens (tertiary/aromatic N) is 1. The third-order valence-electron chi connectivity index (χ3n) is 5.70. The highest BCUT2D eigenvalue weighted by atomic mass is 16.7. The summed E-state index contributed by atoms with van der Waals surface area (Å²) < 4.78 is 15.9. The zero-order valence-electron chi connectivity index (χ0n) is 16.9. The van der Waals surface area contributed by atoms with E-state index in [1.54, 1.807) is 7.11 Å². The molecular weight excluding hydrogens is 368 g/mol. The Morgan fingerprint density at radius 1 is 1.10 bits per heavy atom. The number of amides is 1. The Hall–Kier alpha value is -2.73. The van der Waals surface area contributed by atoms with Crippen molar-refractivity contribution in [3.8, 4) is 17.2 Å². The molecule has 0 aliphatic carbocycles. The molecule has 154 valence electrons. The van der Waals surface area contributed by atoms with Gasteiger partial charge in [-0.05, 0) is 68.1 Å². The van der Waals surface area contributed by atoms with Crippen LogP contribution in [0.3, 0.4) is 0 Å². The van der Waals surface area contributed by atoms with Crippen molar-refractivity contribution in [3.63, 3.8) is 0 Å². The van der Waals surface area contributed by atoms with Gasteiger partial charge >= 0.3 is 0 Å². The average Bonchev–Trinajstić information content (AvgIpc) is 3.22. The summed E-state index contributed by atoms with van der Waals surface area (Å²) in [6, 6.07) is 13.9. The van der Waals surface area contributed by atoms with E-state index in [4.69, 9.17) is 14.2 Å². The lowest BCUT2D eigenvalue weighted by Gasteiger charge is -2.31. The van der Waals surface area contributed by atoms with E-state index in [9.17, 15) is 4.79 Å². The van der Waals surface area contributed by atoms with Crippen molar-refractivity contribution >= 4 is 11.6 Å². The number of nitrogens with one attached hydrogen (secondary N) is 1. The first-order chi connectivity index (χ1) is 14.2. The van der Waals surface area contributed by atoms with E-state index in [0.29, 0.717) is 18.1 Å². The summed E-state index contributed by atoms with van der Waals surface area (Å²) in [6.45, 7) is 3.14. The number of benzene rings is 2. The van der Waals surface area contributed by atoms with Crippen molar-refractivity contribution in [3.05, 3.63) is 48.0 Å². The lowest BCUT2D eigenvalue weighted by Crippen LogP contribution is -2.36. The Kier molecular flexibility index (Phi) is 6.20. The molecule has 1 fully saturated rings. The third-order valence-corrected chi connectivity index (χ3v) is 5.70. The number of likely N-dealkylation sites (tertiary alicyclic amines) is 1. The molecule has 0 saturated carbocycles. The van der Waals surface area contributed by atoms with Gasteiger partial charge in [-0.1, -0.05) is 12.1 Å². The first kappa shape index (κ1) is 19.6. The number of piperidine rings is 1. The molecule has 1 amide bonds. The van der Waals surface area contributed by atoms with Gasteiger partial charge in [-0.15, -0.1) is 0 Å². The van der Waals surface area contributed by atoms with E-state index >= 15 is 0 Å². The summed E-state index contributed by atoms with van der Waals surface area (Å²) >= 11 is 0. The highest BCUT2D eigenvalue weighted by molar-refractivity contribution is 5.91. The van der Waals surface area contributed by atoms with Crippen molar-refractivity contribution in [2.75, 3.05) is 38.9 Å². The highest BCUT2D eigenvalue weighted by Gasteiger charge is 2.20. The monoisotopic (exact) mass is 396 g/mol. The van der Waals surface area contributed by atoms with Crippen molar-refractivity contribution in [1.82, 2.24) is 4.90 Å². The number of methoxy groups -OCH3 is 1. The molecule has 1 N–H and O–H groups in total. The minimum atomic E-state index is 0.0317. The second-order valence-corrected chi connectivity index (χ2v) is 7.70. The molecule has 2 aromatic carbocycles. The molecule has 2 aliphatic rings. The van der Waals surface area contributed by atoms with E-state index in [2.05, 4.69) is 22.3 Å². The van der Waals surface area contributed by atoms with Gasteiger partial charge in [-0.3, -0.25) is 4.79 Å². The summed E-state index contributed by atoms with van der Waals surface area (Å²) in [6.07, 6.45) is 3.96. The van der Waals surface area contributed by atoms with Crippen LogP contribution in [0.15, 0.2) is 42.5 Å². The molecule has 0 aromatic heterocycles. The lowest BCUT2D eigenvalue weighted by molar-refractivity contribution is -0.116. The number of ether oxygens (including phenoxy) is 3. The van der Waals surface area contributed by atoms with Gasteiger partial charge in [0.05, 0.1) is 7.11 Å². The quantitative estimate of drug-likeness (QED) is 0.773. The topological polar surface area (TPSA) is 60.0 Å². The number of anilines is 1. The van der Waals surface area contributed by atoms with E-state index < -0.39 is 0 Å². The molecule has 0 unspecified atom stereocenters. The first-order valence-electron chi connectivity index (χ1n) is 10.2. The van der Waals surface area contributed by atoms with Gasteiger partial charge in [0.25, 0.3) is 0 Å². The fraction of sp³-hybridized carbons (Fsp3) is 0.435. The Morgan fingerprint density at radius 3 is 2.62 bits per heavy atom. The van der Waals surface area contributed by atoms with Crippen LogP contribution in [-0.4, -0.2) is 44.3 Å². The average molecular weight is 396 g/mol. The number of carbonyl (C=O) groups is 1. The number of carbonyl (C=O) groups excluding carboxylic acids is 1. The highest BCUT2D eigenvalue weighted by Crippen LogP contribution is 2.34. The maximum Gasteiger partial charge on any atom is 0.231 e. The van der Waals surface area contributed by atoms with Gasteiger partial charge in [0.15, 0.2) is 11.5 Å². The smallest absolute Gasteiger partial charge is 0.231 e. The zero-order chi connectivity index (χ0) is 20.1. The molecule has 2 aromatic rings. The minimum absolute atomic E-state index is 0.0317. The van der Waals surface area contributed by atoms with Gasteiger partial charge < -0.3 is 24.4 Å². The number of fused-ring (bicyclic) bond motifs is 1. The molecule has 6 heteroatoms. The van der Waals surface area contributed by atoms with Crippen LogP contribution in [0.25, 0.3) is 0 Å². The molecular formula is C23H28N2O4. The Labute approximate surface area is 171 Å². The maximum atomic E-state index is 12.3. The summed E-state index contributed by atoms with van der Waals surface area (Å²) in [4.78, 5) is 14.7. The lowest BCUT2D eigenvalue weighted by atomic mass is 9.90. The molecule has 0 atom stereocenters. The summed E-state index contributed by atoms with van der Waals surface area (Å²) in [5.74, 6) is 3.05. The van der Waals surface area contributed by atoms with Crippen LogP contribution >= 0.6 is 0 Å². The van der Waals surface area contributed by atoms with Crippen LogP contribution in [-0.2, 0) is 11.2 Å². The van der Waals surface area contributed by atoms with Gasteiger partial charge in [0.2, 0.25) is 12.7 Å². The molecule has 2 aliphatic heterocycles. The first-order valence-corrected chi connectivity index (χ1v) is 10.2. The number of rotatable bonds is 7. The maximum absolute atomic E-state index is 12.3. The SMILES string of the molecule is COc1ccc(CC2CCN(CCC(=O)Nc3ccc4c(c3)OCO4)CC2)cc1. The Bertz CT molecular complexity index is 829. The fourth-order valence-corrected chi connectivity index (χ4v) is 3.97. The van der Waals surface area contributed by atoms with Crippen LogP contribution in [0, 0.1) is 5.92 Å². The van der Waals surface area contributed by atoms with E-state index in [1.807, 2.05) is 30.3 Å². The standard InChI is InChI=1S/C23H28N2O4/c1-27-20-5-2-17(3-6-20)14-18-8-11-25(12-9-18)13-10-23(26)24-19-4-7-21-22(15-19)29-16-28-21/h2-7,15,18H,8-14,16H2,1H3,(H,24,26). The van der Waals surface area contributed by atoms with Crippen LogP contribution in [0.2, 0.25) is 0 Å². The fourth-order valence-electron chi connectivity index (χ4n) is 3.97. The molecule has 4 rings (SSSR count). The van der Waals surface area contributed by atoms with E-state index in [1.165, 1.54) is 18.4 Å². The van der Waals surface area contributed by atoms with Crippen molar-refractivity contribution in [1.29, 1.82) is 0 Å². The largest absolute Gasteiger partial charge is 0.497 e. The number of hydrogen-bond acceptors (Lipinski definition) is 5. The Morgan fingerprint density at radius 2 is 1.86 bits per heavy atom. The van der Waals surface area contributed by atoms with Crippen molar-refractivity contribution in [2.45, 2.75) is 25.7 Å². The van der Waals surface area contributed by atoms with Gasteiger partial charge in [0.1, 0.15) is 5.75 Å². The molecule has 29 heavy (non-hydrogen) atoms. The molecule has 6 nitrogen and oxygen atoms in total. The van der Waals surface area contributed by atoms with E-state index in [0.717, 1.165) is 43.2 Å². The normalized spacial score (nSPS) is 16.6. The minimum Gasteiger partial charge on any atom is -0.497 e. The molecule has 2 heterocycles. The van der Waals surface area contributed by atoms with E-state index in [-0.39, 0.29) is 12.7 Å². The summed E-state index contributed by atoms with van der Waals surface area (Å²) in [5.41, 5.74) is 2.12. The van der Waals surface area contributed by atoms with Crippen LogP contribution in [0.4, 0.5) is 5.69 Å². The third kappa shape index (κ3) is 5.21. The molecule has 0 bridgehead atoms. The second-order valence-electron chi connectivity index (χ2n) is 7.70. The predicted molar refractivity (Wildman–Crippen MR) is 112 cm³/mol.